The maximum atomic E-state index is 5.89. The molecule has 1 aliphatic rings. The molecule has 1 nitrogen and oxygen atoms in total. The van der Waals surface area contributed by atoms with E-state index in [0.29, 0.717) is 0 Å². The monoisotopic (exact) mass is 185 g/mol. The van der Waals surface area contributed by atoms with E-state index in [9.17, 15) is 0 Å². The van der Waals surface area contributed by atoms with Crippen molar-refractivity contribution in [3.05, 3.63) is 53.6 Å². The van der Waals surface area contributed by atoms with Gasteiger partial charge in [0.1, 0.15) is 0 Å². The Hall–Kier alpha value is -1.50. The first kappa shape index (κ1) is 9.07. The second kappa shape index (κ2) is 4.14. The molecule has 14 heavy (non-hydrogen) atoms. The second-order valence-electron chi connectivity index (χ2n) is 3.63. The zero-order valence-corrected chi connectivity index (χ0v) is 8.24. The van der Waals surface area contributed by atoms with Gasteiger partial charge in [-0.15, -0.1) is 0 Å². The highest BCUT2D eigenvalue weighted by molar-refractivity contribution is 5.49. The number of hydrogen-bond donors (Lipinski definition) is 1. The van der Waals surface area contributed by atoms with Crippen LogP contribution in [0.15, 0.2) is 48.1 Å². The highest BCUT2D eigenvalue weighted by atomic mass is 14.6. The average Bonchev–Trinajstić information content (AvgIpc) is 2.23. The molecule has 2 N–H and O–H groups in total. The van der Waals surface area contributed by atoms with E-state index in [1.54, 1.807) is 0 Å². The van der Waals surface area contributed by atoms with Crippen molar-refractivity contribution in [1.82, 2.24) is 0 Å². The van der Waals surface area contributed by atoms with E-state index in [4.69, 9.17) is 5.73 Å². The molecule has 1 heteroatoms. The van der Waals surface area contributed by atoms with Crippen LogP contribution in [0, 0.1) is 0 Å². The van der Waals surface area contributed by atoms with Gasteiger partial charge in [-0.25, -0.2) is 0 Å². The molecule has 1 aromatic carbocycles. The summed E-state index contributed by atoms with van der Waals surface area (Å²) in [5.74, 6) is 0. The normalized spacial score (nSPS) is 15.3. The van der Waals surface area contributed by atoms with Gasteiger partial charge in [-0.1, -0.05) is 36.4 Å². The summed E-state index contributed by atoms with van der Waals surface area (Å²) in [4.78, 5) is 0. The van der Waals surface area contributed by atoms with Gasteiger partial charge < -0.3 is 5.73 Å². The van der Waals surface area contributed by atoms with Crippen molar-refractivity contribution in [3.63, 3.8) is 0 Å². The predicted molar refractivity (Wildman–Crippen MR) is 61.0 cm³/mol. The molecule has 0 saturated carbocycles. The number of nitrogens with two attached hydrogens (primary N) is 1. The van der Waals surface area contributed by atoms with Gasteiger partial charge in [0.2, 0.25) is 0 Å². The van der Waals surface area contributed by atoms with Gasteiger partial charge in [0.05, 0.1) is 0 Å². The molecule has 0 saturated heterocycles. The summed E-state index contributed by atoms with van der Waals surface area (Å²) >= 11 is 0. The molecule has 2 rings (SSSR count). The van der Waals surface area contributed by atoms with Crippen LogP contribution in [0.5, 0.6) is 0 Å². The molecule has 0 spiro atoms. The molecule has 0 aromatic heterocycles. The topological polar surface area (TPSA) is 26.0 Å². The van der Waals surface area contributed by atoms with Crippen molar-refractivity contribution >= 4 is 5.69 Å². The fourth-order valence-corrected chi connectivity index (χ4v) is 1.71. The molecule has 1 aromatic rings. The molecule has 72 valence electrons. The SMILES string of the molecule is Nc1ccccc1CC1=CCCC=C1. The number of para-hydroxylation sites is 1. The van der Waals surface area contributed by atoms with Crippen LogP contribution < -0.4 is 5.73 Å². The summed E-state index contributed by atoms with van der Waals surface area (Å²) in [6.45, 7) is 0. The largest absolute Gasteiger partial charge is 0.398 e. The fourth-order valence-electron chi connectivity index (χ4n) is 1.71. The van der Waals surface area contributed by atoms with Crippen molar-refractivity contribution in [1.29, 1.82) is 0 Å². The lowest BCUT2D eigenvalue weighted by Crippen LogP contribution is -1.96. The number of rotatable bonds is 2. The quantitative estimate of drug-likeness (QED) is 0.704. The Bertz CT molecular complexity index is 375. The van der Waals surface area contributed by atoms with Crippen LogP contribution in [0.4, 0.5) is 5.69 Å². The zero-order chi connectivity index (χ0) is 9.80. The lowest BCUT2D eigenvalue weighted by atomic mass is 9.99. The first-order chi connectivity index (χ1) is 6.86. The van der Waals surface area contributed by atoms with E-state index in [1.807, 2.05) is 18.2 Å². The molecule has 0 atom stereocenters. The summed E-state index contributed by atoms with van der Waals surface area (Å²) in [5.41, 5.74) is 9.39. The molecule has 0 fully saturated rings. The van der Waals surface area contributed by atoms with Crippen LogP contribution in [0.3, 0.4) is 0 Å². The lowest BCUT2D eigenvalue weighted by Gasteiger charge is -2.08. The van der Waals surface area contributed by atoms with Crippen LogP contribution in [-0.4, -0.2) is 0 Å². The molecule has 0 bridgehead atoms. The van der Waals surface area contributed by atoms with Crippen molar-refractivity contribution < 1.29 is 0 Å². The van der Waals surface area contributed by atoms with Gasteiger partial charge >= 0.3 is 0 Å². The standard InChI is InChI=1S/C13H15N/c14-13-9-5-4-8-12(13)10-11-6-2-1-3-7-11/h2,4-9H,1,3,10,14H2. The molecule has 0 aliphatic heterocycles. The van der Waals surface area contributed by atoms with E-state index in [2.05, 4.69) is 24.3 Å². The van der Waals surface area contributed by atoms with Gasteiger partial charge in [0, 0.05) is 5.69 Å². The smallest absolute Gasteiger partial charge is 0.0349 e. The molecule has 1 aliphatic carbocycles. The Morgan fingerprint density at radius 1 is 1.14 bits per heavy atom. The van der Waals surface area contributed by atoms with Crippen LogP contribution in [0.1, 0.15) is 18.4 Å². The van der Waals surface area contributed by atoms with Crippen molar-refractivity contribution in [3.8, 4) is 0 Å². The maximum absolute atomic E-state index is 5.89. The summed E-state index contributed by atoms with van der Waals surface area (Å²) in [5, 5.41) is 0. The molecule has 0 radical (unpaired) electrons. The van der Waals surface area contributed by atoms with E-state index < -0.39 is 0 Å². The molecule has 0 unspecified atom stereocenters. The molecular weight excluding hydrogens is 170 g/mol. The van der Waals surface area contributed by atoms with E-state index in [-0.39, 0.29) is 0 Å². The summed E-state index contributed by atoms with van der Waals surface area (Å²) in [7, 11) is 0. The van der Waals surface area contributed by atoms with Gasteiger partial charge in [-0.05, 0) is 36.5 Å². The molecule has 0 amide bonds. The van der Waals surface area contributed by atoms with E-state index in [1.165, 1.54) is 24.0 Å². The highest BCUT2D eigenvalue weighted by Crippen LogP contribution is 2.19. The summed E-state index contributed by atoms with van der Waals surface area (Å²) in [6.07, 6.45) is 10.0. The first-order valence-electron chi connectivity index (χ1n) is 5.05. The number of allylic oxidation sites excluding steroid dienone is 4. The predicted octanol–water partition coefficient (Wildman–Crippen LogP) is 3.09. The lowest BCUT2D eigenvalue weighted by molar-refractivity contribution is 0.995. The van der Waals surface area contributed by atoms with Crippen molar-refractivity contribution in [2.24, 2.45) is 0 Å². The van der Waals surface area contributed by atoms with Crippen LogP contribution >= 0.6 is 0 Å². The van der Waals surface area contributed by atoms with Crippen LogP contribution in [0.25, 0.3) is 0 Å². The third-order valence-electron chi connectivity index (χ3n) is 2.52. The molecular formula is C13H15N. The third-order valence-corrected chi connectivity index (χ3v) is 2.52. The summed E-state index contributed by atoms with van der Waals surface area (Å²) < 4.78 is 0. The Balaban J connectivity index is 2.14. The Morgan fingerprint density at radius 2 is 2.00 bits per heavy atom. The number of benzene rings is 1. The van der Waals surface area contributed by atoms with Gasteiger partial charge in [-0.2, -0.15) is 0 Å². The fraction of sp³-hybridized carbons (Fsp3) is 0.231. The number of anilines is 1. The minimum Gasteiger partial charge on any atom is -0.398 e. The highest BCUT2D eigenvalue weighted by Gasteiger charge is 2.01. The third kappa shape index (κ3) is 2.05. The van der Waals surface area contributed by atoms with Crippen LogP contribution in [-0.2, 0) is 6.42 Å². The average molecular weight is 185 g/mol. The van der Waals surface area contributed by atoms with Crippen molar-refractivity contribution in [2.75, 3.05) is 5.73 Å². The second-order valence-corrected chi connectivity index (χ2v) is 3.63. The maximum Gasteiger partial charge on any atom is 0.0349 e. The first-order valence-corrected chi connectivity index (χ1v) is 5.05. The van der Waals surface area contributed by atoms with E-state index >= 15 is 0 Å². The minimum absolute atomic E-state index is 0.896. The zero-order valence-electron chi connectivity index (χ0n) is 8.24. The van der Waals surface area contributed by atoms with Gasteiger partial charge in [0.15, 0.2) is 0 Å². The molecule has 0 heterocycles. The Kier molecular flexibility index (Phi) is 2.68. The van der Waals surface area contributed by atoms with Crippen LogP contribution in [0.2, 0.25) is 0 Å². The summed E-state index contributed by atoms with van der Waals surface area (Å²) in [6, 6.07) is 8.07. The minimum atomic E-state index is 0.896. The van der Waals surface area contributed by atoms with Gasteiger partial charge in [-0.3, -0.25) is 0 Å². The Morgan fingerprint density at radius 3 is 2.71 bits per heavy atom. The van der Waals surface area contributed by atoms with Gasteiger partial charge in [0.25, 0.3) is 0 Å². The number of hydrogen-bond acceptors (Lipinski definition) is 1. The van der Waals surface area contributed by atoms with Crippen molar-refractivity contribution in [2.45, 2.75) is 19.3 Å². The number of nitrogen functional groups attached to an aromatic ring is 1. The van der Waals surface area contributed by atoms with E-state index in [0.717, 1.165) is 12.1 Å². The Labute approximate surface area is 84.9 Å².